The maximum atomic E-state index is 12.2. The largest absolute Gasteiger partial charge is 0.457 e. The summed E-state index contributed by atoms with van der Waals surface area (Å²) in [5.74, 6) is 2.38. The first-order valence-corrected chi connectivity index (χ1v) is 8.54. The molecule has 24 heavy (non-hydrogen) atoms. The summed E-state index contributed by atoms with van der Waals surface area (Å²) in [6.45, 7) is 4.77. The predicted octanol–water partition coefficient (Wildman–Crippen LogP) is 4.15. The van der Waals surface area contributed by atoms with Gasteiger partial charge < -0.3 is 10.1 Å². The Hall–Kier alpha value is -2.33. The fourth-order valence-electron chi connectivity index (χ4n) is 2.85. The molecule has 2 aromatic carbocycles. The van der Waals surface area contributed by atoms with Crippen molar-refractivity contribution < 1.29 is 9.53 Å². The van der Waals surface area contributed by atoms with E-state index in [-0.39, 0.29) is 5.91 Å². The molecule has 1 aliphatic heterocycles. The maximum absolute atomic E-state index is 12.2. The number of likely N-dealkylation sites (tertiary alicyclic amines) is 1. The summed E-state index contributed by atoms with van der Waals surface area (Å²) in [7, 11) is 0. The van der Waals surface area contributed by atoms with Crippen LogP contribution in [0.4, 0.5) is 5.69 Å². The van der Waals surface area contributed by atoms with Crippen LogP contribution in [0.15, 0.2) is 54.6 Å². The minimum atomic E-state index is 0.0429. The Morgan fingerprint density at radius 2 is 1.67 bits per heavy atom. The van der Waals surface area contributed by atoms with Gasteiger partial charge in [-0.1, -0.05) is 25.1 Å². The van der Waals surface area contributed by atoms with Crippen molar-refractivity contribution in [2.45, 2.75) is 19.8 Å². The molecule has 0 atom stereocenters. The van der Waals surface area contributed by atoms with Gasteiger partial charge in [0.1, 0.15) is 11.5 Å². The molecule has 1 heterocycles. The van der Waals surface area contributed by atoms with Gasteiger partial charge in [0.05, 0.1) is 6.54 Å². The van der Waals surface area contributed by atoms with E-state index in [0.29, 0.717) is 6.54 Å². The Balaban J connectivity index is 1.49. The lowest BCUT2D eigenvalue weighted by Gasteiger charge is -2.29. The van der Waals surface area contributed by atoms with Crippen LogP contribution >= 0.6 is 0 Å². The third kappa shape index (κ3) is 4.83. The van der Waals surface area contributed by atoms with Crippen molar-refractivity contribution in [3.05, 3.63) is 54.6 Å². The molecule has 0 radical (unpaired) electrons. The number of rotatable bonds is 5. The van der Waals surface area contributed by atoms with Gasteiger partial charge in [-0.3, -0.25) is 9.69 Å². The number of nitrogens with one attached hydrogen (secondary N) is 1. The fourth-order valence-corrected chi connectivity index (χ4v) is 2.85. The van der Waals surface area contributed by atoms with Gasteiger partial charge in [0.25, 0.3) is 0 Å². The second kappa shape index (κ2) is 7.97. The Kier molecular flexibility index (Phi) is 5.49. The average molecular weight is 324 g/mol. The van der Waals surface area contributed by atoms with Gasteiger partial charge in [-0.15, -0.1) is 0 Å². The van der Waals surface area contributed by atoms with Crippen LogP contribution in [0.3, 0.4) is 0 Å². The predicted molar refractivity (Wildman–Crippen MR) is 96.4 cm³/mol. The zero-order valence-electron chi connectivity index (χ0n) is 14.1. The monoisotopic (exact) mass is 324 g/mol. The molecule has 1 aliphatic rings. The molecule has 0 bridgehead atoms. The highest BCUT2D eigenvalue weighted by Crippen LogP contribution is 2.22. The van der Waals surface area contributed by atoms with E-state index >= 15 is 0 Å². The summed E-state index contributed by atoms with van der Waals surface area (Å²) in [6.07, 6.45) is 2.36. The standard InChI is InChI=1S/C20H24N2O2/c1-16-11-13-22(14-12-16)15-20(23)21-17-7-9-19(10-8-17)24-18-5-3-2-4-6-18/h2-10,16H,11-15H2,1H3,(H,21,23). The van der Waals surface area contributed by atoms with E-state index in [1.807, 2.05) is 54.6 Å². The van der Waals surface area contributed by atoms with Crippen molar-refractivity contribution >= 4 is 11.6 Å². The number of carbonyl (C=O) groups excluding carboxylic acids is 1. The quantitative estimate of drug-likeness (QED) is 0.898. The third-order valence-corrected chi connectivity index (χ3v) is 4.36. The summed E-state index contributed by atoms with van der Waals surface area (Å²) in [5.41, 5.74) is 0.797. The van der Waals surface area contributed by atoms with Crippen molar-refractivity contribution in [1.82, 2.24) is 4.90 Å². The molecule has 0 aromatic heterocycles. The van der Waals surface area contributed by atoms with Gasteiger partial charge in [0, 0.05) is 5.69 Å². The van der Waals surface area contributed by atoms with E-state index in [1.54, 1.807) is 0 Å². The van der Waals surface area contributed by atoms with Crippen LogP contribution in [0.2, 0.25) is 0 Å². The Morgan fingerprint density at radius 3 is 2.33 bits per heavy atom. The fraction of sp³-hybridized carbons (Fsp3) is 0.350. The molecule has 0 spiro atoms. The second-order valence-corrected chi connectivity index (χ2v) is 6.45. The lowest BCUT2D eigenvalue weighted by molar-refractivity contribution is -0.117. The van der Waals surface area contributed by atoms with Crippen molar-refractivity contribution in [3.8, 4) is 11.5 Å². The molecule has 1 amide bonds. The number of nitrogens with zero attached hydrogens (tertiary/aromatic N) is 1. The normalized spacial score (nSPS) is 15.9. The highest BCUT2D eigenvalue weighted by Gasteiger charge is 2.17. The van der Waals surface area contributed by atoms with E-state index in [1.165, 1.54) is 12.8 Å². The van der Waals surface area contributed by atoms with Crippen LogP contribution in [-0.2, 0) is 4.79 Å². The molecule has 4 heteroatoms. The second-order valence-electron chi connectivity index (χ2n) is 6.45. The molecule has 2 aromatic rings. The van der Waals surface area contributed by atoms with Crippen LogP contribution in [-0.4, -0.2) is 30.4 Å². The molecule has 126 valence electrons. The van der Waals surface area contributed by atoms with Gasteiger partial charge in [-0.2, -0.15) is 0 Å². The lowest BCUT2D eigenvalue weighted by atomic mass is 9.99. The van der Waals surface area contributed by atoms with Crippen LogP contribution in [0.1, 0.15) is 19.8 Å². The summed E-state index contributed by atoms with van der Waals surface area (Å²) in [4.78, 5) is 14.4. The number of piperidine rings is 1. The first-order valence-electron chi connectivity index (χ1n) is 8.54. The topological polar surface area (TPSA) is 41.6 Å². The lowest BCUT2D eigenvalue weighted by Crippen LogP contribution is -2.38. The molecule has 4 nitrogen and oxygen atoms in total. The average Bonchev–Trinajstić information content (AvgIpc) is 2.60. The van der Waals surface area contributed by atoms with Crippen LogP contribution in [0, 0.1) is 5.92 Å². The van der Waals surface area contributed by atoms with Gasteiger partial charge in [0.2, 0.25) is 5.91 Å². The number of benzene rings is 2. The van der Waals surface area contributed by atoms with Crippen LogP contribution < -0.4 is 10.1 Å². The first kappa shape index (κ1) is 16.5. The van der Waals surface area contributed by atoms with E-state index in [9.17, 15) is 4.79 Å². The zero-order chi connectivity index (χ0) is 16.8. The highest BCUT2D eigenvalue weighted by atomic mass is 16.5. The number of hydrogen-bond acceptors (Lipinski definition) is 3. The molecule has 1 N–H and O–H groups in total. The van der Waals surface area contributed by atoms with Crippen molar-refractivity contribution in [2.24, 2.45) is 5.92 Å². The van der Waals surface area contributed by atoms with Crippen molar-refractivity contribution in [3.63, 3.8) is 0 Å². The van der Waals surface area contributed by atoms with E-state index in [0.717, 1.165) is 36.2 Å². The SMILES string of the molecule is CC1CCN(CC(=O)Nc2ccc(Oc3ccccc3)cc2)CC1. The van der Waals surface area contributed by atoms with E-state index in [2.05, 4.69) is 17.1 Å². The Morgan fingerprint density at radius 1 is 1.04 bits per heavy atom. The molecular formula is C20H24N2O2. The number of ether oxygens (including phenoxy) is 1. The first-order chi connectivity index (χ1) is 11.7. The molecule has 0 unspecified atom stereocenters. The molecule has 1 saturated heterocycles. The number of carbonyl (C=O) groups is 1. The molecule has 1 fully saturated rings. The van der Waals surface area contributed by atoms with Crippen molar-refractivity contribution in [1.29, 1.82) is 0 Å². The summed E-state index contributed by atoms with van der Waals surface area (Å²) >= 11 is 0. The molecular weight excluding hydrogens is 300 g/mol. The number of para-hydroxylation sites is 1. The van der Waals surface area contributed by atoms with Crippen LogP contribution in [0.5, 0.6) is 11.5 Å². The van der Waals surface area contributed by atoms with Crippen molar-refractivity contribution in [2.75, 3.05) is 25.0 Å². The minimum Gasteiger partial charge on any atom is -0.457 e. The van der Waals surface area contributed by atoms with Gasteiger partial charge in [-0.05, 0) is 68.2 Å². The summed E-state index contributed by atoms with van der Waals surface area (Å²) in [5, 5.41) is 2.96. The van der Waals surface area contributed by atoms with E-state index in [4.69, 9.17) is 4.74 Å². The molecule has 3 rings (SSSR count). The van der Waals surface area contributed by atoms with Gasteiger partial charge >= 0.3 is 0 Å². The number of hydrogen-bond donors (Lipinski definition) is 1. The number of amides is 1. The van der Waals surface area contributed by atoms with Gasteiger partial charge in [0.15, 0.2) is 0 Å². The Labute approximate surface area is 143 Å². The zero-order valence-corrected chi connectivity index (χ0v) is 14.1. The maximum Gasteiger partial charge on any atom is 0.238 e. The smallest absolute Gasteiger partial charge is 0.238 e. The third-order valence-electron chi connectivity index (χ3n) is 4.36. The molecule has 0 aliphatic carbocycles. The van der Waals surface area contributed by atoms with E-state index < -0.39 is 0 Å². The molecule has 0 saturated carbocycles. The minimum absolute atomic E-state index is 0.0429. The highest BCUT2D eigenvalue weighted by molar-refractivity contribution is 5.92. The number of anilines is 1. The summed E-state index contributed by atoms with van der Waals surface area (Å²) in [6, 6.07) is 17.1. The summed E-state index contributed by atoms with van der Waals surface area (Å²) < 4.78 is 5.75. The Bertz CT molecular complexity index is 647. The van der Waals surface area contributed by atoms with Crippen LogP contribution in [0.25, 0.3) is 0 Å². The van der Waals surface area contributed by atoms with Gasteiger partial charge in [-0.25, -0.2) is 0 Å².